The maximum Gasteiger partial charge on any atom is 0.334 e. The molecule has 34 heavy (non-hydrogen) atoms. The molecular weight excluding hydrogens is 424 g/mol. The summed E-state index contributed by atoms with van der Waals surface area (Å²) in [6.07, 6.45) is 0.896. The number of fused-ring (bicyclic) bond motifs is 1. The van der Waals surface area contributed by atoms with E-state index in [0.29, 0.717) is 11.4 Å². The average Bonchev–Trinajstić information content (AvgIpc) is 3.43. The van der Waals surface area contributed by atoms with Crippen molar-refractivity contribution in [2.75, 3.05) is 18.8 Å². The first-order chi connectivity index (χ1) is 16.6. The smallest absolute Gasteiger partial charge is 0.334 e. The van der Waals surface area contributed by atoms with Crippen LogP contribution in [-0.4, -0.2) is 33.2 Å². The second kappa shape index (κ2) is 9.12. The molecule has 0 aliphatic carbocycles. The van der Waals surface area contributed by atoms with E-state index in [9.17, 15) is 4.79 Å². The first-order valence-electron chi connectivity index (χ1n) is 11.6. The van der Waals surface area contributed by atoms with Crippen LogP contribution in [0.2, 0.25) is 0 Å². The monoisotopic (exact) mass is 452 g/mol. The maximum atomic E-state index is 13.8. The van der Waals surface area contributed by atoms with Crippen LogP contribution in [0, 0.1) is 11.8 Å². The van der Waals surface area contributed by atoms with E-state index in [1.54, 1.807) is 4.57 Å². The predicted octanol–water partition coefficient (Wildman–Crippen LogP) is 4.83. The van der Waals surface area contributed by atoms with Crippen LogP contribution >= 0.6 is 0 Å². The summed E-state index contributed by atoms with van der Waals surface area (Å²) in [5.74, 6) is 7.70. The molecule has 1 fully saturated rings. The molecule has 0 bridgehead atoms. The Labute approximate surface area is 199 Å². The first kappa shape index (κ1) is 21.9. The lowest BCUT2D eigenvalue weighted by Gasteiger charge is -2.20. The van der Waals surface area contributed by atoms with Gasteiger partial charge in [0.1, 0.15) is 11.5 Å². The van der Waals surface area contributed by atoms with E-state index in [4.69, 9.17) is 10.5 Å². The first-order valence-corrected chi connectivity index (χ1v) is 11.6. The zero-order chi connectivity index (χ0) is 23.7. The fraction of sp³-hybridized carbons (Fsp3) is 0.250. The van der Waals surface area contributed by atoms with Crippen LogP contribution < -0.4 is 16.2 Å². The van der Waals surface area contributed by atoms with Crippen molar-refractivity contribution in [2.24, 2.45) is 0 Å². The summed E-state index contributed by atoms with van der Waals surface area (Å²) in [7, 11) is 0. The van der Waals surface area contributed by atoms with E-state index in [-0.39, 0.29) is 17.8 Å². The Bertz CT molecular complexity index is 1430. The number of nitrogens with zero attached hydrogens (tertiary/aromatic N) is 3. The van der Waals surface area contributed by atoms with Gasteiger partial charge < -0.3 is 10.5 Å². The predicted molar refractivity (Wildman–Crippen MR) is 137 cm³/mol. The molecule has 1 unspecified atom stereocenters. The molecule has 1 aliphatic rings. The largest absolute Gasteiger partial charge is 0.457 e. The fourth-order valence-electron chi connectivity index (χ4n) is 4.80. The number of likely N-dealkylation sites (tertiary alicyclic amines) is 1. The summed E-state index contributed by atoms with van der Waals surface area (Å²) < 4.78 is 9.54. The van der Waals surface area contributed by atoms with Crippen molar-refractivity contribution in [2.45, 2.75) is 32.4 Å². The lowest BCUT2D eigenvalue weighted by atomic mass is 10.2. The minimum absolute atomic E-state index is 0.0693. The van der Waals surface area contributed by atoms with Gasteiger partial charge >= 0.3 is 5.69 Å². The highest BCUT2D eigenvalue weighted by Gasteiger charge is 2.30. The summed E-state index contributed by atoms with van der Waals surface area (Å²) >= 11 is 0. The van der Waals surface area contributed by atoms with Crippen molar-refractivity contribution in [1.29, 1.82) is 0 Å². The van der Waals surface area contributed by atoms with Crippen molar-refractivity contribution in [3.63, 3.8) is 0 Å². The fourth-order valence-corrected chi connectivity index (χ4v) is 4.80. The Morgan fingerprint density at radius 1 is 1.00 bits per heavy atom. The van der Waals surface area contributed by atoms with E-state index in [1.165, 1.54) is 0 Å². The summed E-state index contributed by atoms with van der Waals surface area (Å²) in [5, 5.41) is 0. The van der Waals surface area contributed by atoms with Gasteiger partial charge in [0.2, 0.25) is 0 Å². The lowest BCUT2D eigenvalue weighted by molar-refractivity contribution is 0.294. The molecular formula is C28H28N4O2. The van der Waals surface area contributed by atoms with Crippen LogP contribution in [0.15, 0.2) is 77.6 Å². The van der Waals surface area contributed by atoms with Gasteiger partial charge in [-0.3, -0.25) is 14.0 Å². The van der Waals surface area contributed by atoms with Crippen molar-refractivity contribution < 1.29 is 4.74 Å². The zero-order valence-electron chi connectivity index (χ0n) is 19.4. The third-order valence-electron chi connectivity index (χ3n) is 6.46. The molecule has 0 saturated carbocycles. The van der Waals surface area contributed by atoms with Gasteiger partial charge in [-0.2, -0.15) is 0 Å². The molecule has 1 aromatic heterocycles. The second-order valence-electron chi connectivity index (χ2n) is 8.62. The van der Waals surface area contributed by atoms with Gasteiger partial charge in [0.25, 0.3) is 0 Å². The standard InChI is InChI=1S/C28H28N4O2/c1-3-8-20(2)30-18-17-22(19-30)31-26-12-7-11-25(29)27(26)32(28(31)33)21-13-15-24(16-14-21)34-23-9-5-4-6-10-23/h4-7,9-16,20,22H,17-19,29H2,1-2H3/t20?,22-/m1/s1. The molecule has 0 radical (unpaired) electrons. The number of hydrogen-bond acceptors (Lipinski definition) is 4. The van der Waals surface area contributed by atoms with Gasteiger partial charge in [-0.1, -0.05) is 30.2 Å². The number of aromatic nitrogens is 2. The molecule has 2 atom stereocenters. The van der Waals surface area contributed by atoms with Crippen molar-refractivity contribution in [3.8, 4) is 29.0 Å². The Balaban J connectivity index is 1.53. The Morgan fingerprint density at radius 2 is 1.74 bits per heavy atom. The number of hydrogen-bond donors (Lipinski definition) is 1. The molecule has 5 rings (SSSR count). The van der Waals surface area contributed by atoms with Crippen molar-refractivity contribution in [3.05, 3.63) is 83.3 Å². The summed E-state index contributed by atoms with van der Waals surface area (Å²) in [4.78, 5) is 16.1. The normalized spacial score (nSPS) is 16.8. The molecule has 1 saturated heterocycles. The van der Waals surface area contributed by atoms with Crippen LogP contribution in [-0.2, 0) is 0 Å². The van der Waals surface area contributed by atoms with Crippen molar-refractivity contribution in [1.82, 2.24) is 14.0 Å². The molecule has 0 spiro atoms. The Morgan fingerprint density at radius 3 is 2.47 bits per heavy atom. The molecule has 6 heteroatoms. The Hall–Kier alpha value is -3.95. The molecule has 172 valence electrons. The van der Waals surface area contributed by atoms with E-state index >= 15 is 0 Å². The van der Waals surface area contributed by atoms with Crippen molar-refractivity contribution >= 4 is 16.7 Å². The Kier molecular flexibility index (Phi) is 5.87. The van der Waals surface area contributed by atoms with Gasteiger partial charge in [-0.15, -0.1) is 5.92 Å². The molecule has 2 N–H and O–H groups in total. The number of para-hydroxylation sites is 2. The van der Waals surface area contributed by atoms with Gasteiger partial charge in [-0.05, 0) is 68.8 Å². The minimum atomic E-state index is -0.0780. The molecule has 1 aliphatic heterocycles. The van der Waals surface area contributed by atoms with E-state index < -0.39 is 0 Å². The van der Waals surface area contributed by atoms with Crippen LogP contribution in [0.4, 0.5) is 5.69 Å². The van der Waals surface area contributed by atoms with E-state index in [0.717, 1.165) is 42.0 Å². The third kappa shape index (κ3) is 3.95. The number of anilines is 1. The van der Waals surface area contributed by atoms with Gasteiger partial charge in [0.15, 0.2) is 0 Å². The number of ether oxygens (including phenoxy) is 1. The van der Waals surface area contributed by atoms with Gasteiger partial charge in [0.05, 0.1) is 34.5 Å². The summed E-state index contributed by atoms with van der Waals surface area (Å²) in [5.41, 5.74) is 9.25. The van der Waals surface area contributed by atoms with Gasteiger partial charge in [0, 0.05) is 13.1 Å². The highest BCUT2D eigenvalue weighted by atomic mass is 16.5. The molecule has 2 heterocycles. The molecule has 6 nitrogen and oxygen atoms in total. The summed E-state index contributed by atoms with van der Waals surface area (Å²) in [6, 6.07) is 23.1. The number of nitrogen functional groups attached to an aromatic ring is 1. The molecule has 3 aromatic carbocycles. The summed E-state index contributed by atoms with van der Waals surface area (Å²) in [6.45, 7) is 5.67. The minimum Gasteiger partial charge on any atom is -0.457 e. The third-order valence-corrected chi connectivity index (χ3v) is 6.46. The zero-order valence-corrected chi connectivity index (χ0v) is 19.4. The number of benzene rings is 3. The number of rotatable bonds is 5. The quantitative estimate of drug-likeness (QED) is 0.348. The average molecular weight is 453 g/mol. The van der Waals surface area contributed by atoms with E-state index in [2.05, 4.69) is 23.7 Å². The highest BCUT2D eigenvalue weighted by Crippen LogP contribution is 2.30. The number of nitrogens with two attached hydrogens (primary N) is 1. The van der Waals surface area contributed by atoms with Crippen LogP contribution in [0.5, 0.6) is 11.5 Å². The SMILES string of the molecule is CC#CC(C)N1CC[C@@H](n2c(=O)n(-c3ccc(Oc4ccccc4)cc3)c3c(N)cccc32)C1. The second-order valence-corrected chi connectivity index (χ2v) is 8.62. The lowest BCUT2D eigenvalue weighted by Crippen LogP contribution is -2.32. The van der Waals surface area contributed by atoms with Crippen LogP contribution in [0.1, 0.15) is 26.3 Å². The highest BCUT2D eigenvalue weighted by molar-refractivity contribution is 5.89. The number of imidazole rings is 1. The molecule has 4 aromatic rings. The van der Waals surface area contributed by atoms with Crippen LogP contribution in [0.25, 0.3) is 16.7 Å². The topological polar surface area (TPSA) is 65.4 Å². The van der Waals surface area contributed by atoms with Gasteiger partial charge in [-0.25, -0.2) is 4.79 Å². The molecule has 0 amide bonds. The van der Waals surface area contributed by atoms with E-state index in [1.807, 2.05) is 84.3 Å². The maximum absolute atomic E-state index is 13.8. The van der Waals surface area contributed by atoms with Crippen LogP contribution in [0.3, 0.4) is 0 Å².